The first kappa shape index (κ1) is 13.4. The molecule has 17 heavy (non-hydrogen) atoms. The van der Waals surface area contributed by atoms with Gasteiger partial charge < -0.3 is 10.1 Å². The topological polar surface area (TPSA) is 21.3 Å². The normalized spacial score (nSPS) is 37.9. The fourth-order valence-electron chi connectivity index (χ4n) is 3.54. The largest absolute Gasteiger partial charge is 0.375 e. The van der Waals surface area contributed by atoms with Crippen molar-refractivity contribution in [2.24, 2.45) is 5.41 Å². The van der Waals surface area contributed by atoms with Crippen LogP contribution in [-0.2, 0) is 4.74 Å². The van der Waals surface area contributed by atoms with Crippen LogP contribution in [0.4, 0.5) is 0 Å². The Morgan fingerprint density at radius 1 is 1.18 bits per heavy atom. The third kappa shape index (κ3) is 3.45. The van der Waals surface area contributed by atoms with E-state index in [1.807, 2.05) is 0 Å². The highest BCUT2D eigenvalue weighted by atomic mass is 16.5. The van der Waals surface area contributed by atoms with Gasteiger partial charge in [0.2, 0.25) is 0 Å². The van der Waals surface area contributed by atoms with Crippen molar-refractivity contribution < 1.29 is 4.74 Å². The van der Waals surface area contributed by atoms with Gasteiger partial charge in [0.25, 0.3) is 0 Å². The van der Waals surface area contributed by atoms with E-state index in [9.17, 15) is 0 Å². The Hall–Kier alpha value is -0.0800. The second kappa shape index (κ2) is 5.27. The lowest BCUT2D eigenvalue weighted by Gasteiger charge is -2.41. The van der Waals surface area contributed by atoms with Gasteiger partial charge in [-0.15, -0.1) is 0 Å². The lowest BCUT2D eigenvalue weighted by molar-refractivity contribution is -0.0982. The summed E-state index contributed by atoms with van der Waals surface area (Å²) in [7, 11) is 0. The SMILES string of the molecule is CCNC1CCOC2(CCCC(C)(C)CC2)C1. The molecule has 2 unspecified atom stereocenters. The minimum atomic E-state index is 0.207. The van der Waals surface area contributed by atoms with E-state index >= 15 is 0 Å². The standard InChI is InChI=1S/C15H29NO/c1-4-16-13-6-11-17-15(12-13)8-5-7-14(2,3)9-10-15/h13,16H,4-12H2,1-3H3. The van der Waals surface area contributed by atoms with Crippen LogP contribution in [0.3, 0.4) is 0 Å². The van der Waals surface area contributed by atoms with Gasteiger partial charge in [-0.1, -0.05) is 27.2 Å². The Balaban J connectivity index is 1.98. The number of hydrogen-bond acceptors (Lipinski definition) is 2. The smallest absolute Gasteiger partial charge is 0.0697 e. The van der Waals surface area contributed by atoms with Gasteiger partial charge in [0.05, 0.1) is 5.60 Å². The van der Waals surface area contributed by atoms with Gasteiger partial charge in [0.15, 0.2) is 0 Å². The average Bonchev–Trinajstić information content (AvgIpc) is 2.40. The first-order valence-electron chi connectivity index (χ1n) is 7.43. The van der Waals surface area contributed by atoms with Gasteiger partial charge in [0.1, 0.15) is 0 Å². The van der Waals surface area contributed by atoms with Crippen LogP contribution >= 0.6 is 0 Å². The van der Waals surface area contributed by atoms with Crippen molar-refractivity contribution in [3.05, 3.63) is 0 Å². The molecule has 2 aliphatic rings. The molecule has 1 aliphatic heterocycles. The van der Waals surface area contributed by atoms with Crippen molar-refractivity contribution >= 4 is 0 Å². The zero-order chi connectivity index (χ0) is 12.4. The Kier molecular flexibility index (Phi) is 4.14. The summed E-state index contributed by atoms with van der Waals surface area (Å²) in [5.41, 5.74) is 0.733. The van der Waals surface area contributed by atoms with Crippen LogP contribution in [-0.4, -0.2) is 24.8 Å². The Bertz CT molecular complexity index is 249. The molecule has 0 aromatic heterocycles. The number of hydrogen-bond donors (Lipinski definition) is 1. The number of nitrogens with one attached hydrogen (secondary N) is 1. The first-order chi connectivity index (χ1) is 8.05. The van der Waals surface area contributed by atoms with Crippen LogP contribution in [0, 0.1) is 5.41 Å². The molecule has 1 spiro atoms. The number of rotatable bonds is 2. The van der Waals surface area contributed by atoms with Crippen molar-refractivity contribution in [3.63, 3.8) is 0 Å². The predicted molar refractivity (Wildman–Crippen MR) is 72.2 cm³/mol. The summed E-state index contributed by atoms with van der Waals surface area (Å²) in [5.74, 6) is 0. The van der Waals surface area contributed by atoms with E-state index in [2.05, 4.69) is 26.1 Å². The van der Waals surface area contributed by atoms with Crippen molar-refractivity contribution in [1.82, 2.24) is 5.32 Å². The molecule has 2 fully saturated rings. The van der Waals surface area contributed by atoms with E-state index in [-0.39, 0.29) is 5.60 Å². The minimum absolute atomic E-state index is 0.207. The summed E-state index contributed by atoms with van der Waals surface area (Å²) in [6, 6.07) is 0.690. The summed E-state index contributed by atoms with van der Waals surface area (Å²) < 4.78 is 6.22. The molecule has 0 bridgehead atoms. The molecule has 100 valence electrons. The van der Waals surface area contributed by atoms with Crippen LogP contribution in [0.2, 0.25) is 0 Å². The summed E-state index contributed by atoms with van der Waals surface area (Å²) in [4.78, 5) is 0. The maximum atomic E-state index is 6.22. The molecule has 0 aromatic carbocycles. The summed E-state index contributed by atoms with van der Waals surface area (Å²) in [6.07, 6.45) is 9.00. The zero-order valence-corrected chi connectivity index (χ0v) is 11.8. The molecule has 2 atom stereocenters. The number of ether oxygens (including phenoxy) is 1. The monoisotopic (exact) mass is 239 g/mol. The molecule has 0 aromatic rings. The van der Waals surface area contributed by atoms with Gasteiger partial charge in [0, 0.05) is 12.6 Å². The summed E-state index contributed by atoms with van der Waals surface area (Å²) in [5, 5.41) is 3.62. The summed E-state index contributed by atoms with van der Waals surface area (Å²) >= 11 is 0. The molecule has 2 rings (SSSR count). The zero-order valence-electron chi connectivity index (χ0n) is 11.8. The Labute approximate surface area is 107 Å². The molecule has 1 heterocycles. The molecular weight excluding hydrogens is 210 g/mol. The van der Waals surface area contributed by atoms with Crippen LogP contribution < -0.4 is 5.32 Å². The third-order valence-electron chi connectivity index (χ3n) is 4.73. The Morgan fingerprint density at radius 3 is 2.76 bits per heavy atom. The van der Waals surface area contributed by atoms with Crippen molar-refractivity contribution in [3.8, 4) is 0 Å². The lowest BCUT2D eigenvalue weighted by Crippen LogP contribution is -2.46. The molecule has 0 amide bonds. The van der Waals surface area contributed by atoms with E-state index in [0.29, 0.717) is 11.5 Å². The molecular formula is C15H29NO. The molecule has 2 nitrogen and oxygen atoms in total. The van der Waals surface area contributed by atoms with Gasteiger partial charge in [-0.2, -0.15) is 0 Å². The van der Waals surface area contributed by atoms with Crippen molar-refractivity contribution in [1.29, 1.82) is 0 Å². The van der Waals surface area contributed by atoms with E-state index in [4.69, 9.17) is 4.74 Å². The maximum absolute atomic E-state index is 6.22. The van der Waals surface area contributed by atoms with Crippen LogP contribution in [0.1, 0.15) is 65.7 Å². The maximum Gasteiger partial charge on any atom is 0.0697 e. The predicted octanol–water partition coefficient (Wildman–Crippen LogP) is 3.50. The van der Waals surface area contributed by atoms with Crippen LogP contribution in [0.25, 0.3) is 0 Å². The molecule has 1 saturated heterocycles. The van der Waals surface area contributed by atoms with E-state index in [1.54, 1.807) is 0 Å². The van der Waals surface area contributed by atoms with Crippen LogP contribution in [0.5, 0.6) is 0 Å². The highest BCUT2D eigenvalue weighted by Gasteiger charge is 2.40. The first-order valence-corrected chi connectivity index (χ1v) is 7.43. The Morgan fingerprint density at radius 2 is 2.00 bits per heavy atom. The highest BCUT2D eigenvalue weighted by Crippen LogP contribution is 2.43. The highest BCUT2D eigenvalue weighted by molar-refractivity contribution is 4.93. The van der Waals surface area contributed by atoms with E-state index in [1.165, 1.54) is 44.9 Å². The fourth-order valence-corrected chi connectivity index (χ4v) is 3.54. The minimum Gasteiger partial charge on any atom is -0.375 e. The fraction of sp³-hybridized carbons (Fsp3) is 1.00. The second-order valence-electron chi connectivity index (χ2n) is 6.80. The van der Waals surface area contributed by atoms with Gasteiger partial charge in [-0.3, -0.25) is 0 Å². The average molecular weight is 239 g/mol. The molecule has 1 saturated carbocycles. The van der Waals surface area contributed by atoms with Gasteiger partial charge in [-0.25, -0.2) is 0 Å². The van der Waals surface area contributed by atoms with Gasteiger partial charge in [-0.05, 0) is 50.5 Å². The van der Waals surface area contributed by atoms with Crippen molar-refractivity contribution in [2.75, 3.05) is 13.2 Å². The van der Waals surface area contributed by atoms with Crippen LogP contribution in [0.15, 0.2) is 0 Å². The van der Waals surface area contributed by atoms with Crippen molar-refractivity contribution in [2.45, 2.75) is 77.4 Å². The summed E-state index contributed by atoms with van der Waals surface area (Å²) in [6.45, 7) is 9.08. The molecule has 1 aliphatic carbocycles. The molecule has 0 radical (unpaired) electrons. The third-order valence-corrected chi connectivity index (χ3v) is 4.73. The second-order valence-corrected chi connectivity index (χ2v) is 6.80. The molecule has 2 heteroatoms. The van der Waals surface area contributed by atoms with Gasteiger partial charge >= 0.3 is 0 Å². The lowest BCUT2D eigenvalue weighted by atomic mass is 9.81. The quantitative estimate of drug-likeness (QED) is 0.796. The molecule has 1 N–H and O–H groups in total. The van der Waals surface area contributed by atoms with E-state index < -0.39 is 0 Å². The van der Waals surface area contributed by atoms with E-state index in [0.717, 1.165) is 13.2 Å².